The summed E-state index contributed by atoms with van der Waals surface area (Å²) in [6, 6.07) is 1.37. The monoisotopic (exact) mass is 808 g/mol. The van der Waals surface area contributed by atoms with Gasteiger partial charge in [-0.1, -0.05) is 32.4 Å². The molecule has 6 rings (SSSR count). The first-order valence-corrected chi connectivity index (χ1v) is 20.3. The van der Waals surface area contributed by atoms with Crippen LogP contribution < -0.4 is 24.8 Å². The molecule has 19 heteroatoms. The number of ether oxygens (including phenoxy) is 2. The van der Waals surface area contributed by atoms with Crippen molar-refractivity contribution in [3.8, 4) is 11.6 Å². The second-order valence-electron chi connectivity index (χ2n) is 15.5. The van der Waals surface area contributed by atoms with Crippen LogP contribution in [0.5, 0.6) is 11.6 Å². The Bertz CT molecular complexity index is 2030. The van der Waals surface area contributed by atoms with E-state index in [4.69, 9.17) is 9.47 Å². The zero-order valence-corrected chi connectivity index (χ0v) is 32.3. The minimum atomic E-state index is -5.02. The highest BCUT2D eigenvalue weighted by Crippen LogP contribution is 2.48. The standard InChI is InChI=1S/C37H47F3N6O9S/c1-5-21-15-20(3)9-7-8-10-22-18-36(22,33(49)45-56(52,53)35(4)13-14-35)44-30(47)27-17-24(19-46(27)32(48)28(21)43-34(50)51)55-31-29(37(38,39)40)41-25-12-11-23(54-6-2)16-26(25)42-31/h8,10-12,16,20-22,24,27-28,43H,5-7,9,13-15,17-19H2,1-4H3,(H,44,47)(H,45,49)(H,50,51)/b10-8-/t20-,21-,22-,24-,27+,28+,36-/m1/s1. The number of allylic oxidation sites excluding steroid dienone is 1. The van der Waals surface area contributed by atoms with Crippen LogP contribution in [0.2, 0.25) is 0 Å². The molecule has 0 spiro atoms. The van der Waals surface area contributed by atoms with Crippen molar-refractivity contribution in [1.29, 1.82) is 0 Å². The number of nitrogens with zero attached hydrogens (tertiary/aromatic N) is 3. The molecule has 4 N–H and O–H groups in total. The fourth-order valence-electron chi connectivity index (χ4n) is 7.65. The van der Waals surface area contributed by atoms with Crippen LogP contribution in [0.4, 0.5) is 18.0 Å². The summed E-state index contributed by atoms with van der Waals surface area (Å²) in [7, 11) is -4.11. The van der Waals surface area contributed by atoms with E-state index < -0.39 is 98.4 Å². The van der Waals surface area contributed by atoms with Gasteiger partial charge in [-0.15, -0.1) is 0 Å². The van der Waals surface area contributed by atoms with E-state index in [1.807, 2.05) is 13.0 Å². The molecule has 0 bridgehead atoms. The smallest absolute Gasteiger partial charge is 0.438 e. The van der Waals surface area contributed by atoms with Crippen molar-refractivity contribution in [1.82, 2.24) is 30.2 Å². The van der Waals surface area contributed by atoms with Crippen LogP contribution in [0.1, 0.15) is 84.8 Å². The van der Waals surface area contributed by atoms with Gasteiger partial charge in [0.25, 0.3) is 5.91 Å². The molecule has 2 aliphatic carbocycles. The first-order valence-electron chi connectivity index (χ1n) is 18.8. The molecule has 56 heavy (non-hydrogen) atoms. The number of rotatable bonds is 9. The van der Waals surface area contributed by atoms with Crippen molar-refractivity contribution in [3.63, 3.8) is 0 Å². The summed E-state index contributed by atoms with van der Waals surface area (Å²) in [5.74, 6) is -4.32. The van der Waals surface area contributed by atoms with E-state index in [2.05, 4.69) is 25.3 Å². The zero-order chi connectivity index (χ0) is 40.8. The average molecular weight is 809 g/mol. The number of hydrogen-bond donors (Lipinski definition) is 4. The predicted octanol–water partition coefficient (Wildman–Crippen LogP) is 4.31. The Morgan fingerprint density at radius 1 is 1.12 bits per heavy atom. The van der Waals surface area contributed by atoms with E-state index in [-0.39, 0.29) is 36.4 Å². The van der Waals surface area contributed by atoms with Crippen LogP contribution in [-0.4, -0.2) is 93.8 Å². The molecular weight excluding hydrogens is 762 g/mol. The van der Waals surface area contributed by atoms with E-state index in [1.54, 1.807) is 19.9 Å². The van der Waals surface area contributed by atoms with Crippen LogP contribution in [0.3, 0.4) is 0 Å². The highest BCUT2D eigenvalue weighted by Gasteiger charge is 2.63. The first kappa shape index (κ1) is 41.0. The van der Waals surface area contributed by atoms with Crippen molar-refractivity contribution in [2.45, 2.75) is 114 Å². The minimum absolute atomic E-state index is 0.0121. The number of alkyl halides is 3. The Morgan fingerprint density at radius 2 is 1.86 bits per heavy atom. The molecule has 0 radical (unpaired) electrons. The number of sulfonamides is 1. The highest BCUT2D eigenvalue weighted by atomic mass is 32.2. The van der Waals surface area contributed by atoms with Gasteiger partial charge in [-0.05, 0) is 76.3 Å². The third-order valence-corrected chi connectivity index (χ3v) is 13.5. The maximum absolute atomic E-state index is 14.5. The van der Waals surface area contributed by atoms with E-state index >= 15 is 0 Å². The Morgan fingerprint density at radius 3 is 2.50 bits per heavy atom. The molecule has 15 nitrogen and oxygen atoms in total. The largest absolute Gasteiger partial charge is 0.494 e. The van der Waals surface area contributed by atoms with Crippen molar-refractivity contribution < 1.29 is 55.3 Å². The van der Waals surface area contributed by atoms with Gasteiger partial charge in [-0.2, -0.15) is 13.2 Å². The lowest BCUT2D eigenvalue weighted by atomic mass is 9.85. The Labute approximate surface area is 322 Å². The van der Waals surface area contributed by atoms with Gasteiger partial charge < -0.3 is 30.1 Å². The van der Waals surface area contributed by atoms with Crippen LogP contribution in [0.25, 0.3) is 11.0 Å². The molecule has 2 saturated carbocycles. The number of carbonyl (C=O) groups is 4. The quantitative estimate of drug-likeness (QED) is 0.263. The molecule has 4 amide bonds. The summed E-state index contributed by atoms with van der Waals surface area (Å²) in [5.41, 5.74) is -3.20. The number of fused-ring (bicyclic) bond motifs is 3. The molecule has 3 fully saturated rings. The average Bonchev–Trinajstić information content (AvgIpc) is 4.00. The number of aromatic nitrogens is 2. The Hall–Kier alpha value is -4.68. The van der Waals surface area contributed by atoms with E-state index in [9.17, 15) is 45.9 Å². The summed E-state index contributed by atoms with van der Waals surface area (Å²) in [5, 5.41) is 14.8. The van der Waals surface area contributed by atoms with Crippen LogP contribution >= 0.6 is 0 Å². The molecule has 7 atom stereocenters. The molecule has 2 aromatic rings. The maximum Gasteiger partial charge on any atom is 0.438 e. The zero-order valence-electron chi connectivity index (χ0n) is 31.5. The van der Waals surface area contributed by atoms with Crippen LogP contribution in [-0.2, 0) is 30.6 Å². The number of benzene rings is 1. The second kappa shape index (κ2) is 15.3. The molecule has 1 aromatic heterocycles. The SMILES string of the molecule is CCOc1ccc2nc(C(F)(F)F)c(O[C@@H]3C[C@H]4C(=O)N[C@]5(C(=O)NS(=O)(=O)C6(C)CC6)C[C@H]5/C=C\CC[C@@H](C)C[C@@H](CC)[C@H](NC(=O)O)C(=O)N4C3)nc2c1. The Balaban J connectivity index is 1.38. The van der Waals surface area contributed by atoms with Crippen molar-refractivity contribution >= 4 is 44.9 Å². The van der Waals surface area contributed by atoms with Gasteiger partial charge in [0.05, 0.1) is 28.9 Å². The van der Waals surface area contributed by atoms with E-state index in [1.165, 1.54) is 25.1 Å². The number of nitrogens with one attached hydrogen (secondary N) is 3. The molecule has 2 aliphatic heterocycles. The summed E-state index contributed by atoms with van der Waals surface area (Å²) in [6.07, 6.45) is -1.77. The fraction of sp³-hybridized carbons (Fsp3) is 0.622. The predicted molar refractivity (Wildman–Crippen MR) is 195 cm³/mol. The third-order valence-electron chi connectivity index (χ3n) is 11.3. The molecule has 4 aliphatic rings. The topological polar surface area (TPSA) is 206 Å². The number of halogens is 3. The first-order chi connectivity index (χ1) is 26.3. The van der Waals surface area contributed by atoms with Gasteiger partial charge in [-0.3, -0.25) is 19.1 Å². The lowest BCUT2D eigenvalue weighted by Gasteiger charge is -2.33. The number of carbonyl (C=O) groups excluding carboxylic acids is 3. The van der Waals surface area contributed by atoms with Crippen molar-refractivity contribution in [3.05, 3.63) is 36.0 Å². The lowest BCUT2D eigenvalue weighted by Crippen LogP contribution is -2.59. The van der Waals surface area contributed by atoms with Crippen LogP contribution in [0, 0.1) is 17.8 Å². The molecule has 3 heterocycles. The minimum Gasteiger partial charge on any atom is -0.494 e. The number of carboxylic acid groups (broad SMARTS) is 1. The van der Waals surface area contributed by atoms with Gasteiger partial charge >= 0.3 is 12.3 Å². The van der Waals surface area contributed by atoms with Crippen LogP contribution in [0.15, 0.2) is 30.4 Å². The summed E-state index contributed by atoms with van der Waals surface area (Å²) >= 11 is 0. The fourth-order valence-corrected chi connectivity index (χ4v) is 8.96. The molecule has 306 valence electrons. The molecular formula is C37H47F3N6O9S. The second-order valence-corrected chi connectivity index (χ2v) is 17.7. The van der Waals surface area contributed by atoms with E-state index in [0.717, 1.165) is 4.90 Å². The number of amides is 4. The van der Waals surface area contributed by atoms with E-state index in [0.29, 0.717) is 44.3 Å². The van der Waals surface area contributed by atoms with Crippen molar-refractivity contribution in [2.75, 3.05) is 13.2 Å². The normalized spacial score (nSPS) is 29.8. The van der Waals surface area contributed by atoms with Gasteiger partial charge in [0.2, 0.25) is 33.4 Å². The van der Waals surface area contributed by atoms with Gasteiger partial charge in [-0.25, -0.2) is 23.2 Å². The summed E-state index contributed by atoms with van der Waals surface area (Å²) in [4.78, 5) is 63.7. The van der Waals surface area contributed by atoms with Gasteiger partial charge in [0, 0.05) is 18.4 Å². The maximum atomic E-state index is 14.5. The van der Waals surface area contributed by atoms with Gasteiger partial charge in [0.15, 0.2) is 0 Å². The molecule has 0 unspecified atom stereocenters. The Kier molecular flexibility index (Phi) is 11.2. The lowest BCUT2D eigenvalue weighted by molar-refractivity contribution is -0.143. The third kappa shape index (κ3) is 8.37. The summed E-state index contributed by atoms with van der Waals surface area (Å²) < 4.78 is 81.8. The molecule has 1 aromatic carbocycles. The van der Waals surface area contributed by atoms with Gasteiger partial charge in [0.1, 0.15) is 29.5 Å². The molecule has 1 saturated heterocycles. The summed E-state index contributed by atoms with van der Waals surface area (Å²) in [6.45, 7) is 6.83. The number of hydrogen-bond acceptors (Lipinski definition) is 10. The van der Waals surface area contributed by atoms with Crippen molar-refractivity contribution in [2.24, 2.45) is 17.8 Å². The highest BCUT2D eigenvalue weighted by molar-refractivity contribution is 7.91.